The average Bonchev–Trinajstić information content (AvgIpc) is 3.32. The molecule has 0 bridgehead atoms. The summed E-state index contributed by atoms with van der Waals surface area (Å²) in [5.41, 5.74) is 4.24. The predicted molar refractivity (Wildman–Crippen MR) is 106 cm³/mol. The van der Waals surface area contributed by atoms with E-state index in [1.165, 1.54) is 0 Å². The van der Waals surface area contributed by atoms with E-state index in [0.29, 0.717) is 25.4 Å². The van der Waals surface area contributed by atoms with Gasteiger partial charge in [0.1, 0.15) is 5.69 Å². The van der Waals surface area contributed by atoms with Gasteiger partial charge in [0.15, 0.2) is 0 Å². The van der Waals surface area contributed by atoms with Crippen molar-refractivity contribution in [3.05, 3.63) is 45.5 Å². The summed E-state index contributed by atoms with van der Waals surface area (Å²) >= 11 is 1.64. The van der Waals surface area contributed by atoms with Gasteiger partial charge in [-0.15, -0.1) is 11.3 Å². The number of carbonyl (C=O) groups excluding carboxylic acids is 1. The largest absolute Gasteiger partial charge is 0.383 e. The Hall–Kier alpha value is -2.45. The van der Waals surface area contributed by atoms with Crippen LogP contribution in [0.3, 0.4) is 0 Å². The van der Waals surface area contributed by atoms with Crippen molar-refractivity contribution in [1.29, 1.82) is 0 Å². The molecule has 0 aliphatic carbocycles. The number of aromatic nitrogens is 4. The minimum absolute atomic E-state index is 0.0547. The molecule has 0 N–H and O–H groups in total. The van der Waals surface area contributed by atoms with Crippen molar-refractivity contribution in [2.45, 2.75) is 20.4 Å². The van der Waals surface area contributed by atoms with Crippen LogP contribution >= 0.6 is 11.3 Å². The molecule has 8 heteroatoms. The van der Waals surface area contributed by atoms with Crippen LogP contribution < -0.4 is 0 Å². The molecule has 144 valence electrons. The highest BCUT2D eigenvalue weighted by Gasteiger charge is 2.23. The maximum absolute atomic E-state index is 13.2. The van der Waals surface area contributed by atoms with Crippen LogP contribution in [0.4, 0.5) is 0 Å². The number of aryl methyl sites for hydroxylation is 3. The standard InChI is InChI=1S/C19H25N5O2S/c1-13-18(14(2)22(3)20-13)16-11-17(23(4)21-16)19(25)24(8-9-26-5)12-15-7-6-10-27-15/h6-7,10-11H,8-9,12H2,1-5H3. The molecule has 0 spiro atoms. The average molecular weight is 388 g/mol. The van der Waals surface area contributed by atoms with Gasteiger partial charge >= 0.3 is 0 Å². The molecule has 0 aliphatic rings. The molecule has 27 heavy (non-hydrogen) atoms. The van der Waals surface area contributed by atoms with E-state index in [1.54, 1.807) is 35.1 Å². The van der Waals surface area contributed by atoms with Crippen LogP contribution in [-0.4, -0.2) is 50.6 Å². The molecule has 3 rings (SSSR count). The van der Waals surface area contributed by atoms with Crippen molar-refractivity contribution < 1.29 is 9.53 Å². The summed E-state index contributed by atoms with van der Waals surface area (Å²) in [6.45, 7) is 5.54. The second kappa shape index (κ2) is 8.06. The molecule has 7 nitrogen and oxygen atoms in total. The molecule has 1 amide bonds. The second-order valence-electron chi connectivity index (χ2n) is 6.51. The Morgan fingerprint density at radius 1 is 1.26 bits per heavy atom. The third kappa shape index (κ3) is 3.96. The van der Waals surface area contributed by atoms with Gasteiger partial charge in [0.05, 0.1) is 24.5 Å². The van der Waals surface area contributed by atoms with E-state index < -0.39 is 0 Å². The van der Waals surface area contributed by atoms with Gasteiger partial charge in [-0.2, -0.15) is 10.2 Å². The third-order valence-corrected chi connectivity index (χ3v) is 5.50. The summed E-state index contributed by atoms with van der Waals surface area (Å²) < 4.78 is 8.68. The Morgan fingerprint density at radius 2 is 2.04 bits per heavy atom. The molecule has 0 saturated carbocycles. The Labute approximate surface area is 163 Å². The fourth-order valence-electron chi connectivity index (χ4n) is 3.14. The lowest BCUT2D eigenvalue weighted by Gasteiger charge is -2.21. The van der Waals surface area contributed by atoms with Gasteiger partial charge in [0.2, 0.25) is 0 Å². The topological polar surface area (TPSA) is 65.2 Å². The van der Waals surface area contributed by atoms with Gasteiger partial charge in [-0.25, -0.2) is 0 Å². The maximum atomic E-state index is 13.2. The van der Waals surface area contributed by atoms with Crippen LogP contribution in [0.25, 0.3) is 11.3 Å². The molecule has 3 heterocycles. The van der Waals surface area contributed by atoms with Crippen LogP contribution in [0.5, 0.6) is 0 Å². The molecule has 0 fully saturated rings. The van der Waals surface area contributed by atoms with E-state index in [2.05, 4.69) is 10.2 Å². The van der Waals surface area contributed by atoms with Crippen LogP contribution in [0.1, 0.15) is 26.8 Å². The normalized spacial score (nSPS) is 11.1. The van der Waals surface area contributed by atoms with E-state index in [9.17, 15) is 4.79 Å². The molecule has 0 unspecified atom stereocenters. The zero-order valence-electron chi connectivity index (χ0n) is 16.4. The van der Waals surface area contributed by atoms with Gasteiger partial charge in [-0.3, -0.25) is 14.2 Å². The molecule has 0 saturated heterocycles. The van der Waals surface area contributed by atoms with Crippen molar-refractivity contribution in [3.63, 3.8) is 0 Å². The maximum Gasteiger partial charge on any atom is 0.272 e. The summed E-state index contributed by atoms with van der Waals surface area (Å²) in [6.07, 6.45) is 0. The molecular weight excluding hydrogens is 362 g/mol. The first kappa shape index (κ1) is 19.3. The first-order valence-corrected chi connectivity index (χ1v) is 9.65. The summed E-state index contributed by atoms with van der Waals surface area (Å²) in [5, 5.41) is 11.1. The van der Waals surface area contributed by atoms with Gasteiger partial charge < -0.3 is 9.64 Å². The fourth-order valence-corrected chi connectivity index (χ4v) is 3.86. The number of amides is 1. The van der Waals surface area contributed by atoms with Gasteiger partial charge in [-0.05, 0) is 31.4 Å². The summed E-state index contributed by atoms with van der Waals surface area (Å²) in [6, 6.07) is 5.89. The molecule has 0 radical (unpaired) electrons. The molecule has 0 aromatic carbocycles. The minimum Gasteiger partial charge on any atom is -0.383 e. The number of carbonyl (C=O) groups is 1. The lowest BCUT2D eigenvalue weighted by atomic mass is 10.1. The van der Waals surface area contributed by atoms with Gasteiger partial charge in [0.25, 0.3) is 5.91 Å². The van der Waals surface area contributed by atoms with Crippen molar-refractivity contribution in [2.24, 2.45) is 14.1 Å². The summed E-state index contributed by atoms with van der Waals surface area (Å²) in [4.78, 5) is 16.2. The van der Waals surface area contributed by atoms with Gasteiger partial charge in [0, 0.05) is 43.9 Å². The smallest absolute Gasteiger partial charge is 0.272 e. The van der Waals surface area contributed by atoms with Crippen LogP contribution in [0.2, 0.25) is 0 Å². The van der Waals surface area contributed by atoms with Crippen LogP contribution in [0.15, 0.2) is 23.6 Å². The molecule has 3 aromatic heterocycles. The van der Waals surface area contributed by atoms with E-state index in [4.69, 9.17) is 4.74 Å². The van der Waals surface area contributed by atoms with Crippen molar-refractivity contribution in [3.8, 4) is 11.3 Å². The number of nitrogens with zero attached hydrogens (tertiary/aromatic N) is 5. The fraction of sp³-hybridized carbons (Fsp3) is 0.421. The Morgan fingerprint density at radius 3 is 2.63 bits per heavy atom. The molecule has 3 aromatic rings. The number of hydrogen-bond donors (Lipinski definition) is 0. The number of ether oxygens (including phenoxy) is 1. The Bertz CT molecular complexity index is 926. The number of hydrogen-bond acceptors (Lipinski definition) is 5. The van der Waals surface area contributed by atoms with Gasteiger partial charge in [-0.1, -0.05) is 6.07 Å². The van der Waals surface area contributed by atoms with Crippen molar-refractivity contribution in [2.75, 3.05) is 20.3 Å². The van der Waals surface area contributed by atoms with E-state index >= 15 is 0 Å². The number of rotatable bonds is 7. The Balaban J connectivity index is 1.91. The SMILES string of the molecule is COCCN(Cc1cccs1)C(=O)c1cc(-c2c(C)nn(C)c2C)nn1C. The highest BCUT2D eigenvalue weighted by molar-refractivity contribution is 7.09. The third-order valence-electron chi connectivity index (χ3n) is 4.64. The second-order valence-corrected chi connectivity index (χ2v) is 7.54. The van der Waals surface area contributed by atoms with Crippen LogP contribution in [-0.2, 0) is 25.4 Å². The molecule has 0 atom stereocenters. The first-order chi connectivity index (χ1) is 12.9. The first-order valence-electron chi connectivity index (χ1n) is 8.77. The minimum atomic E-state index is -0.0547. The van der Waals surface area contributed by atoms with Crippen molar-refractivity contribution >= 4 is 17.2 Å². The zero-order valence-corrected chi connectivity index (χ0v) is 17.2. The summed E-state index contributed by atoms with van der Waals surface area (Å²) in [5.74, 6) is -0.0547. The monoisotopic (exact) mass is 387 g/mol. The summed E-state index contributed by atoms with van der Waals surface area (Å²) in [7, 11) is 5.36. The zero-order chi connectivity index (χ0) is 19.6. The lowest BCUT2D eigenvalue weighted by molar-refractivity contribution is 0.0671. The number of methoxy groups -OCH3 is 1. The lowest BCUT2D eigenvalue weighted by Crippen LogP contribution is -2.34. The van der Waals surface area contributed by atoms with E-state index in [1.807, 2.05) is 49.2 Å². The van der Waals surface area contributed by atoms with Crippen molar-refractivity contribution in [1.82, 2.24) is 24.5 Å². The Kier molecular flexibility index (Phi) is 5.76. The highest BCUT2D eigenvalue weighted by Crippen LogP contribution is 2.26. The molecule has 0 aliphatic heterocycles. The number of thiophene rings is 1. The van der Waals surface area contributed by atoms with E-state index in [0.717, 1.165) is 27.5 Å². The van der Waals surface area contributed by atoms with Crippen LogP contribution in [0, 0.1) is 13.8 Å². The van der Waals surface area contributed by atoms with E-state index in [-0.39, 0.29) is 5.91 Å². The predicted octanol–water partition coefficient (Wildman–Crippen LogP) is 2.79. The quantitative estimate of drug-likeness (QED) is 0.625. The molecular formula is C19H25N5O2S. The highest BCUT2D eigenvalue weighted by atomic mass is 32.1.